The minimum Gasteiger partial charge on any atom is -0.376 e. The number of morpholine rings is 1. The van der Waals surface area contributed by atoms with Gasteiger partial charge in [-0.2, -0.15) is 0 Å². The van der Waals surface area contributed by atoms with Crippen molar-refractivity contribution in [3.8, 4) is 10.8 Å². The van der Waals surface area contributed by atoms with Gasteiger partial charge in [0, 0.05) is 18.3 Å². The molecule has 34 heavy (non-hydrogen) atoms. The molecule has 3 fully saturated rings. The number of imidazole rings is 1. The molecule has 1 saturated carbocycles. The highest BCUT2D eigenvalue weighted by Crippen LogP contribution is 2.38. The second kappa shape index (κ2) is 7.88. The maximum atomic E-state index is 13.3. The summed E-state index contributed by atoms with van der Waals surface area (Å²) in [6, 6.07) is 1.56. The van der Waals surface area contributed by atoms with Crippen molar-refractivity contribution in [2.45, 2.75) is 48.8 Å². The summed E-state index contributed by atoms with van der Waals surface area (Å²) < 4.78 is 68.7. The Kier molecular flexibility index (Phi) is 5.15. The topological polar surface area (TPSA) is 111 Å². The predicted octanol–water partition coefficient (Wildman–Crippen LogP) is 2.23. The van der Waals surface area contributed by atoms with E-state index in [1.807, 2.05) is 6.92 Å². The Hall–Kier alpha value is -2.26. The first kappa shape index (κ1) is 22.2. The van der Waals surface area contributed by atoms with E-state index in [9.17, 15) is 17.2 Å². The van der Waals surface area contributed by atoms with Gasteiger partial charge in [0.15, 0.2) is 15.8 Å². The lowest BCUT2D eigenvalue weighted by molar-refractivity contribution is 0.0225. The van der Waals surface area contributed by atoms with Crippen molar-refractivity contribution >= 4 is 32.6 Å². The van der Waals surface area contributed by atoms with E-state index in [4.69, 9.17) is 9.47 Å². The fraction of sp³-hybridized carbons (Fsp3) is 0.550. The van der Waals surface area contributed by atoms with E-state index in [-0.39, 0.29) is 27.9 Å². The molecule has 0 amide bonds. The number of hydrogen-bond acceptors (Lipinski definition) is 9. The fourth-order valence-corrected chi connectivity index (χ4v) is 6.59. The molecule has 3 aromatic rings. The molecule has 0 unspecified atom stereocenters. The minimum atomic E-state index is -3.86. The number of pyridine rings is 1. The Labute approximate surface area is 197 Å². The minimum absolute atomic E-state index is 0.0583. The van der Waals surface area contributed by atoms with Gasteiger partial charge >= 0.3 is 0 Å². The van der Waals surface area contributed by atoms with Crippen LogP contribution < -0.4 is 9.62 Å². The van der Waals surface area contributed by atoms with Crippen LogP contribution in [0.1, 0.15) is 31.2 Å². The Morgan fingerprint density at radius 1 is 1.29 bits per heavy atom. The van der Waals surface area contributed by atoms with Crippen molar-refractivity contribution in [1.82, 2.24) is 24.3 Å². The van der Waals surface area contributed by atoms with Gasteiger partial charge in [-0.1, -0.05) is 11.3 Å². The van der Waals surface area contributed by atoms with E-state index in [1.54, 1.807) is 16.7 Å². The molecule has 2 aliphatic heterocycles. The first-order valence-corrected chi connectivity index (χ1v) is 13.2. The summed E-state index contributed by atoms with van der Waals surface area (Å²) in [4.78, 5) is 6.56. The summed E-state index contributed by atoms with van der Waals surface area (Å²) in [5, 5.41) is 7.19. The van der Waals surface area contributed by atoms with E-state index in [2.05, 4.69) is 24.8 Å². The summed E-state index contributed by atoms with van der Waals surface area (Å²) >= 11 is 0.730. The fourth-order valence-electron chi connectivity index (χ4n) is 4.42. The van der Waals surface area contributed by atoms with Gasteiger partial charge in [-0.15, -0.1) is 10.2 Å². The van der Waals surface area contributed by atoms with Crippen LogP contribution in [-0.4, -0.2) is 72.0 Å². The zero-order valence-corrected chi connectivity index (χ0v) is 19.8. The number of nitrogens with one attached hydrogen (secondary N) is 1. The standard InChI is InChI=1S/C20H22F2N6O4S2/c1-20(2-3-20)26-34(29,30)11-6-12(27-4-5-32-15-10-31-9-14(15)27)13-7-23-17(28(13)8-11)19-25-24-18(33-19)16(21)22/h6-8,14-16,26H,2-5,9-10H2,1H3/t14-,15-/m0/s1. The van der Waals surface area contributed by atoms with Crippen LogP contribution in [0.25, 0.3) is 16.3 Å². The van der Waals surface area contributed by atoms with Crippen molar-refractivity contribution in [2.75, 3.05) is 31.3 Å². The Morgan fingerprint density at radius 3 is 2.85 bits per heavy atom. The number of aromatic nitrogens is 4. The molecule has 2 saturated heterocycles. The Morgan fingerprint density at radius 2 is 2.12 bits per heavy atom. The predicted molar refractivity (Wildman–Crippen MR) is 119 cm³/mol. The highest BCUT2D eigenvalue weighted by atomic mass is 32.2. The van der Waals surface area contributed by atoms with Gasteiger partial charge in [-0.25, -0.2) is 26.9 Å². The third-order valence-electron chi connectivity index (χ3n) is 6.48. The lowest BCUT2D eigenvalue weighted by Crippen LogP contribution is -2.51. The van der Waals surface area contributed by atoms with E-state index in [1.165, 1.54) is 6.20 Å². The smallest absolute Gasteiger partial charge is 0.291 e. The van der Waals surface area contributed by atoms with Gasteiger partial charge in [-0.3, -0.25) is 4.40 Å². The van der Waals surface area contributed by atoms with Crippen molar-refractivity contribution in [3.63, 3.8) is 0 Å². The first-order valence-electron chi connectivity index (χ1n) is 10.9. The SMILES string of the molecule is CC1(NS(=O)(=O)c2cc(N3CCO[C@H]4COC[C@@H]43)c3cnc(-c4nnc(C(F)F)s4)n3c2)CC1. The number of alkyl halides is 2. The largest absolute Gasteiger partial charge is 0.376 e. The van der Waals surface area contributed by atoms with E-state index >= 15 is 0 Å². The lowest BCUT2D eigenvalue weighted by Gasteiger charge is -2.38. The van der Waals surface area contributed by atoms with Crippen molar-refractivity contribution in [3.05, 3.63) is 23.5 Å². The molecule has 5 heterocycles. The molecular weight excluding hydrogens is 490 g/mol. The number of rotatable bonds is 6. The quantitative estimate of drug-likeness (QED) is 0.535. The molecule has 0 aromatic carbocycles. The Bertz CT molecular complexity index is 1360. The molecule has 1 aliphatic carbocycles. The highest BCUT2D eigenvalue weighted by Gasteiger charge is 2.42. The van der Waals surface area contributed by atoms with E-state index < -0.39 is 27.0 Å². The Balaban J connectivity index is 1.51. The number of nitrogens with zero attached hydrogens (tertiary/aromatic N) is 5. The van der Waals surface area contributed by atoms with Gasteiger partial charge in [0.25, 0.3) is 6.43 Å². The second-order valence-corrected chi connectivity index (χ2v) is 11.7. The summed E-state index contributed by atoms with van der Waals surface area (Å²) in [6.07, 6.45) is 1.73. The second-order valence-electron chi connectivity index (χ2n) is 9.02. The maximum Gasteiger partial charge on any atom is 0.291 e. The summed E-state index contributed by atoms with van der Waals surface area (Å²) in [5.41, 5.74) is 0.832. The van der Waals surface area contributed by atoms with Crippen LogP contribution in [0.5, 0.6) is 0 Å². The number of ether oxygens (including phenoxy) is 2. The normalized spacial score (nSPS) is 24.2. The third-order valence-corrected chi connectivity index (χ3v) is 9.01. The molecule has 6 rings (SSSR count). The molecule has 3 aromatic heterocycles. The van der Waals surface area contributed by atoms with Crippen molar-refractivity contribution in [2.24, 2.45) is 0 Å². The van der Waals surface area contributed by atoms with Crippen LogP contribution in [0.15, 0.2) is 23.4 Å². The molecule has 14 heteroatoms. The van der Waals surface area contributed by atoms with Crippen LogP contribution >= 0.6 is 11.3 Å². The monoisotopic (exact) mass is 512 g/mol. The summed E-state index contributed by atoms with van der Waals surface area (Å²) in [7, 11) is -3.86. The van der Waals surface area contributed by atoms with Crippen molar-refractivity contribution < 1.29 is 26.7 Å². The maximum absolute atomic E-state index is 13.3. The molecular formula is C20H22F2N6O4S2. The molecule has 0 radical (unpaired) electrons. The molecule has 2 atom stereocenters. The van der Waals surface area contributed by atoms with Crippen LogP contribution in [0, 0.1) is 0 Å². The number of halogens is 2. The number of fused-ring (bicyclic) bond motifs is 2. The van der Waals surface area contributed by atoms with Gasteiger partial charge in [0.05, 0.1) is 43.3 Å². The van der Waals surface area contributed by atoms with Crippen molar-refractivity contribution in [1.29, 1.82) is 0 Å². The highest BCUT2D eigenvalue weighted by molar-refractivity contribution is 7.89. The third kappa shape index (κ3) is 3.77. The molecule has 182 valence electrons. The van der Waals surface area contributed by atoms with Crippen LogP contribution in [0.3, 0.4) is 0 Å². The van der Waals surface area contributed by atoms with Gasteiger partial charge < -0.3 is 14.4 Å². The lowest BCUT2D eigenvalue weighted by atomic mass is 10.1. The number of sulfonamides is 1. The van der Waals surface area contributed by atoms with Gasteiger partial charge in [-0.05, 0) is 25.8 Å². The van der Waals surface area contributed by atoms with E-state index in [0.717, 1.165) is 24.2 Å². The van der Waals surface area contributed by atoms with Crippen LogP contribution in [0.4, 0.5) is 14.5 Å². The molecule has 3 aliphatic rings. The van der Waals surface area contributed by atoms with Crippen LogP contribution in [0.2, 0.25) is 0 Å². The molecule has 0 spiro atoms. The average molecular weight is 513 g/mol. The van der Waals surface area contributed by atoms with Crippen LogP contribution in [-0.2, 0) is 19.5 Å². The number of anilines is 1. The molecule has 10 nitrogen and oxygen atoms in total. The average Bonchev–Trinajstić information content (AvgIpc) is 3.26. The zero-order chi connectivity index (χ0) is 23.7. The summed E-state index contributed by atoms with van der Waals surface area (Å²) in [5.74, 6) is 0.253. The summed E-state index contributed by atoms with van der Waals surface area (Å²) in [6.45, 7) is 3.81. The van der Waals surface area contributed by atoms with Gasteiger partial charge in [0.1, 0.15) is 11.0 Å². The molecule has 0 bridgehead atoms. The molecule has 1 N–H and O–H groups in total. The van der Waals surface area contributed by atoms with E-state index in [0.29, 0.717) is 37.6 Å². The zero-order valence-electron chi connectivity index (χ0n) is 18.1. The number of hydrogen-bond donors (Lipinski definition) is 1. The van der Waals surface area contributed by atoms with Gasteiger partial charge in [0.2, 0.25) is 10.0 Å². The first-order chi connectivity index (χ1) is 16.2.